The van der Waals surface area contributed by atoms with Crippen molar-refractivity contribution in [2.24, 2.45) is 5.73 Å². The minimum atomic E-state index is -0.688. The molecule has 1 fully saturated rings. The normalized spacial score (nSPS) is 20.3. The Kier molecular flexibility index (Phi) is 4.07. The Morgan fingerprint density at radius 2 is 2.00 bits per heavy atom. The van der Waals surface area contributed by atoms with Gasteiger partial charge in [0.2, 0.25) is 0 Å². The second-order valence-electron chi connectivity index (χ2n) is 4.55. The van der Waals surface area contributed by atoms with Gasteiger partial charge in [0.25, 0.3) is 0 Å². The van der Waals surface area contributed by atoms with Crippen molar-refractivity contribution in [2.75, 3.05) is 13.2 Å². The predicted octanol–water partition coefficient (Wildman–Crippen LogP) is 0.418. The molecule has 88 valence electrons. The number of carbonyl (C=O) groups is 1. The van der Waals surface area contributed by atoms with E-state index in [9.17, 15) is 4.79 Å². The molecular weight excluding hydrogens is 198 g/mol. The highest BCUT2D eigenvalue weighted by Gasteiger charge is 2.27. The van der Waals surface area contributed by atoms with Crippen LogP contribution in [0.15, 0.2) is 0 Å². The summed E-state index contributed by atoms with van der Waals surface area (Å²) in [6, 6.07) is -0.688. The molecule has 1 rings (SSSR count). The summed E-state index contributed by atoms with van der Waals surface area (Å²) in [5, 5.41) is 0. The third-order valence-corrected chi connectivity index (χ3v) is 1.85. The number of ether oxygens (including phenoxy) is 3. The van der Waals surface area contributed by atoms with Crippen molar-refractivity contribution in [3.8, 4) is 0 Å². The van der Waals surface area contributed by atoms with E-state index in [1.54, 1.807) is 20.8 Å². The van der Waals surface area contributed by atoms with Gasteiger partial charge in [-0.2, -0.15) is 0 Å². The monoisotopic (exact) mass is 217 g/mol. The number of carbonyl (C=O) groups excluding carboxylic acids is 1. The second-order valence-corrected chi connectivity index (χ2v) is 4.55. The van der Waals surface area contributed by atoms with Gasteiger partial charge in [-0.25, -0.2) is 0 Å². The van der Waals surface area contributed by atoms with Crippen LogP contribution in [0.5, 0.6) is 0 Å². The number of rotatable bonds is 3. The van der Waals surface area contributed by atoms with Crippen molar-refractivity contribution in [3.63, 3.8) is 0 Å². The minimum Gasteiger partial charge on any atom is -0.459 e. The third-order valence-electron chi connectivity index (χ3n) is 1.85. The molecule has 0 spiro atoms. The number of hydrogen-bond acceptors (Lipinski definition) is 5. The molecule has 0 aromatic heterocycles. The number of esters is 1. The molecular formula is C10H19NO4. The van der Waals surface area contributed by atoms with Gasteiger partial charge in [-0.3, -0.25) is 4.79 Å². The van der Waals surface area contributed by atoms with E-state index in [2.05, 4.69) is 0 Å². The largest absolute Gasteiger partial charge is 0.459 e. The van der Waals surface area contributed by atoms with Gasteiger partial charge in [0.1, 0.15) is 11.6 Å². The summed E-state index contributed by atoms with van der Waals surface area (Å²) in [4.78, 5) is 11.5. The van der Waals surface area contributed by atoms with E-state index in [0.29, 0.717) is 19.6 Å². The zero-order valence-corrected chi connectivity index (χ0v) is 9.49. The molecule has 15 heavy (non-hydrogen) atoms. The van der Waals surface area contributed by atoms with Crippen LogP contribution < -0.4 is 5.73 Å². The van der Waals surface area contributed by atoms with E-state index < -0.39 is 17.6 Å². The van der Waals surface area contributed by atoms with E-state index in [0.717, 1.165) is 0 Å². The summed E-state index contributed by atoms with van der Waals surface area (Å²) < 4.78 is 15.5. The third kappa shape index (κ3) is 4.59. The summed E-state index contributed by atoms with van der Waals surface area (Å²) in [6.45, 7) is 6.54. The molecule has 5 heteroatoms. The van der Waals surface area contributed by atoms with Crippen molar-refractivity contribution in [1.29, 1.82) is 0 Å². The van der Waals surface area contributed by atoms with E-state index in [-0.39, 0.29) is 6.29 Å². The molecule has 1 atom stereocenters. The Labute approximate surface area is 89.9 Å². The van der Waals surface area contributed by atoms with Crippen LogP contribution in [0, 0.1) is 0 Å². The fourth-order valence-electron chi connectivity index (χ4n) is 1.22. The van der Waals surface area contributed by atoms with Crippen LogP contribution in [0.25, 0.3) is 0 Å². The molecule has 1 aliphatic heterocycles. The molecule has 1 unspecified atom stereocenters. The van der Waals surface area contributed by atoms with E-state index in [1.807, 2.05) is 0 Å². The smallest absolute Gasteiger partial charge is 0.323 e. The van der Waals surface area contributed by atoms with E-state index >= 15 is 0 Å². The maximum absolute atomic E-state index is 11.5. The van der Waals surface area contributed by atoms with Crippen LogP contribution in [-0.4, -0.2) is 37.1 Å². The van der Waals surface area contributed by atoms with Crippen molar-refractivity contribution < 1.29 is 19.0 Å². The highest BCUT2D eigenvalue weighted by atomic mass is 16.7. The summed E-state index contributed by atoms with van der Waals surface area (Å²) in [5.41, 5.74) is 5.16. The molecule has 0 aliphatic carbocycles. The lowest BCUT2D eigenvalue weighted by atomic mass is 10.1. The molecule has 1 saturated heterocycles. The van der Waals surface area contributed by atoms with Crippen LogP contribution in [0.4, 0.5) is 0 Å². The first-order chi connectivity index (χ1) is 6.88. The Morgan fingerprint density at radius 1 is 1.47 bits per heavy atom. The number of hydrogen-bond donors (Lipinski definition) is 1. The molecule has 0 saturated carbocycles. The molecule has 0 radical (unpaired) electrons. The summed E-state index contributed by atoms with van der Waals surface area (Å²) in [6.07, 6.45) is -0.0259. The molecule has 0 aromatic rings. The average molecular weight is 217 g/mol. The van der Waals surface area contributed by atoms with Gasteiger partial charge in [0.15, 0.2) is 6.29 Å². The van der Waals surface area contributed by atoms with E-state index in [4.69, 9.17) is 19.9 Å². The van der Waals surface area contributed by atoms with Gasteiger partial charge >= 0.3 is 5.97 Å². The van der Waals surface area contributed by atoms with Crippen LogP contribution >= 0.6 is 0 Å². The SMILES string of the molecule is CC(C)(C)OC(=O)C(N)CC1OCCO1. The Morgan fingerprint density at radius 3 is 2.47 bits per heavy atom. The topological polar surface area (TPSA) is 70.8 Å². The first kappa shape index (κ1) is 12.4. The predicted molar refractivity (Wildman–Crippen MR) is 54.1 cm³/mol. The first-order valence-electron chi connectivity index (χ1n) is 5.10. The fourth-order valence-corrected chi connectivity index (χ4v) is 1.22. The molecule has 1 heterocycles. The van der Waals surface area contributed by atoms with Gasteiger partial charge < -0.3 is 19.9 Å². The first-order valence-corrected chi connectivity index (χ1v) is 5.10. The molecule has 0 amide bonds. The molecule has 0 aromatic carbocycles. The zero-order valence-electron chi connectivity index (χ0n) is 9.49. The van der Waals surface area contributed by atoms with Crippen molar-refractivity contribution in [1.82, 2.24) is 0 Å². The fraction of sp³-hybridized carbons (Fsp3) is 0.900. The van der Waals surface area contributed by atoms with Gasteiger partial charge in [-0.1, -0.05) is 0 Å². The van der Waals surface area contributed by atoms with Crippen LogP contribution in [0.3, 0.4) is 0 Å². The Balaban J connectivity index is 2.32. The van der Waals surface area contributed by atoms with E-state index in [1.165, 1.54) is 0 Å². The van der Waals surface area contributed by atoms with Crippen LogP contribution in [0.1, 0.15) is 27.2 Å². The molecule has 1 aliphatic rings. The maximum Gasteiger partial charge on any atom is 0.323 e. The molecule has 0 bridgehead atoms. The second kappa shape index (κ2) is 4.92. The van der Waals surface area contributed by atoms with Gasteiger partial charge in [-0.15, -0.1) is 0 Å². The highest BCUT2D eigenvalue weighted by Crippen LogP contribution is 2.13. The van der Waals surface area contributed by atoms with Gasteiger partial charge in [-0.05, 0) is 20.8 Å². The lowest BCUT2D eigenvalue weighted by Crippen LogP contribution is -2.39. The van der Waals surface area contributed by atoms with Crippen molar-refractivity contribution in [3.05, 3.63) is 0 Å². The lowest BCUT2D eigenvalue weighted by Gasteiger charge is -2.23. The van der Waals surface area contributed by atoms with Crippen LogP contribution in [0.2, 0.25) is 0 Å². The van der Waals surface area contributed by atoms with Gasteiger partial charge in [0, 0.05) is 6.42 Å². The molecule has 5 nitrogen and oxygen atoms in total. The maximum atomic E-state index is 11.5. The quantitative estimate of drug-likeness (QED) is 0.694. The van der Waals surface area contributed by atoms with Crippen LogP contribution in [-0.2, 0) is 19.0 Å². The molecule has 2 N–H and O–H groups in total. The standard InChI is InChI=1S/C10H19NO4/c1-10(2,3)15-9(12)7(11)6-8-13-4-5-14-8/h7-8H,4-6,11H2,1-3H3. The summed E-state index contributed by atoms with van der Waals surface area (Å²) in [7, 11) is 0. The number of nitrogens with two attached hydrogens (primary N) is 1. The Hall–Kier alpha value is -0.650. The average Bonchev–Trinajstić information content (AvgIpc) is 2.53. The summed E-state index contributed by atoms with van der Waals surface area (Å²) in [5.74, 6) is -0.415. The highest BCUT2D eigenvalue weighted by molar-refractivity contribution is 5.75. The summed E-state index contributed by atoms with van der Waals surface area (Å²) >= 11 is 0. The Bertz CT molecular complexity index is 218. The lowest BCUT2D eigenvalue weighted by molar-refractivity contribution is -0.159. The zero-order chi connectivity index (χ0) is 11.5. The van der Waals surface area contributed by atoms with Gasteiger partial charge in [0.05, 0.1) is 13.2 Å². The minimum absolute atomic E-state index is 0.342. The van der Waals surface area contributed by atoms with Crippen molar-refractivity contribution >= 4 is 5.97 Å². The van der Waals surface area contributed by atoms with Crippen molar-refractivity contribution in [2.45, 2.75) is 45.1 Å².